The van der Waals surface area contributed by atoms with Crippen LogP contribution >= 0.6 is 12.4 Å². The van der Waals surface area contributed by atoms with Crippen molar-refractivity contribution >= 4 is 24.0 Å². The van der Waals surface area contributed by atoms with E-state index in [0.29, 0.717) is 6.42 Å². The van der Waals surface area contributed by atoms with Crippen molar-refractivity contribution in [2.75, 3.05) is 32.0 Å². The van der Waals surface area contributed by atoms with Crippen LogP contribution in [0.2, 0.25) is 0 Å². The molecule has 2 fully saturated rings. The lowest BCUT2D eigenvalue weighted by Gasteiger charge is -2.22. The Kier molecular flexibility index (Phi) is 5.12. The molecule has 1 atom stereocenters. The molecule has 2 aliphatic rings. The lowest BCUT2D eigenvalue weighted by molar-refractivity contribution is -0.130. The van der Waals surface area contributed by atoms with Crippen LogP contribution in [0.3, 0.4) is 0 Å². The van der Waals surface area contributed by atoms with Crippen LogP contribution < -0.4 is 5.73 Å². The molecule has 2 aliphatic heterocycles. The zero-order valence-electron chi connectivity index (χ0n) is 12.2. The van der Waals surface area contributed by atoms with Crippen LogP contribution in [0.25, 0.3) is 0 Å². The summed E-state index contributed by atoms with van der Waals surface area (Å²) in [5.74, 6) is 0.247. The van der Waals surface area contributed by atoms with Gasteiger partial charge in [-0.15, -0.1) is 12.4 Å². The number of nitrogen functional groups attached to an aromatic ring is 1. The first kappa shape index (κ1) is 16.1. The molecule has 1 unspecified atom stereocenters. The van der Waals surface area contributed by atoms with Crippen molar-refractivity contribution in [3.8, 4) is 0 Å². The Morgan fingerprint density at radius 1 is 1.33 bits per heavy atom. The van der Waals surface area contributed by atoms with Gasteiger partial charge in [-0.2, -0.15) is 0 Å². The molecule has 3 rings (SSSR count). The average Bonchev–Trinajstić information content (AvgIpc) is 3.08. The van der Waals surface area contributed by atoms with Crippen LogP contribution in [0.5, 0.6) is 0 Å². The van der Waals surface area contributed by atoms with Crippen LogP contribution in [0.4, 0.5) is 5.69 Å². The standard InChI is InChI=1S/C16H22N2O2.ClH/c17-14-4-2-1-3-13(14)5-6-15(19)18-9-7-16(11-18)8-10-20-12-16;/h1-4H,5-12,17H2;1H. The summed E-state index contributed by atoms with van der Waals surface area (Å²) < 4.78 is 5.50. The number of nitrogens with zero attached hydrogens (tertiary/aromatic N) is 1. The quantitative estimate of drug-likeness (QED) is 0.871. The number of carbonyl (C=O) groups is 1. The Bertz CT molecular complexity index is 501. The maximum Gasteiger partial charge on any atom is 0.222 e. The van der Waals surface area contributed by atoms with Crippen molar-refractivity contribution in [1.82, 2.24) is 4.90 Å². The monoisotopic (exact) mass is 310 g/mol. The molecular formula is C16H23ClN2O2. The summed E-state index contributed by atoms with van der Waals surface area (Å²) in [5.41, 5.74) is 8.01. The number of anilines is 1. The highest BCUT2D eigenvalue weighted by atomic mass is 35.5. The van der Waals surface area contributed by atoms with Gasteiger partial charge in [0.2, 0.25) is 5.91 Å². The van der Waals surface area contributed by atoms with E-state index in [-0.39, 0.29) is 23.7 Å². The lowest BCUT2D eigenvalue weighted by Crippen LogP contribution is -2.32. The van der Waals surface area contributed by atoms with Gasteiger partial charge in [-0.1, -0.05) is 18.2 Å². The zero-order chi connectivity index (χ0) is 14.0. The number of aryl methyl sites for hydroxylation is 1. The van der Waals surface area contributed by atoms with E-state index in [9.17, 15) is 4.79 Å². The van der Waals surface area contributed by atoms with Crippen LogP contribution in [0.1, 0.15) is 24.8 Å². The third-order valence-corrected chi connectivity index (χ3v) is 4.64. The van der Waals surface area contributed by atoms with Gasteiger partial charge >= 0.3 is 0 Å². The molecule has 0 radical (unpaired) electrons. The van der Waals surface area contributed by atoms with Gasteiger partial charge in [0.05, 0.1) is 6.61 Å². The number of benzene rings is 1. The minimum Gasteiger partial charge on any atom is -0.399 e. The third kappa shape index (κ3) is 3.50. The number of ether oxygens (including phenoxy) is 1. The first-order valence-corrected chi connectivity index (χ1v) is 7.37. The molecule has 5 heteroatoms. The molecular weight excluding hydrogens is 288 g/mol. The predicted octanol–water partition coefficient (Wildman–Crippen LogP) is 2.26. The minimum atomic E-state index is 0. The van der Waals surface area contributed by atoms with E-state index in [1.54, 1.807) is 0 Å². The molecule has 116 valence electrons. The fourth-order valence-electron chi connectivity index (χ4n) is 3.28. The second-order valence-corrected chi connectivity index (χ2v) is 6.07. The second-order valence-electron chi connectivity index (χ2n) is 6.07. The van der Waals surface area contributed by atoms with Gasteiger partial charge in [-0.25, -0.2) is 0 Å². The van der Waals surface area contributed by atoms with Gasteiger partial charge in [-0.3, -0.25) is 4.79 Å². The molecule has 0 aliphatic carbocycles. The Morgan fingerprint density at radius 2 is 2.14 bits per heavy atom. The molecule has 0 aromatic heterocycles. The van der Waals surface area contributed by atoms with Gasteiger partial charge < -0.3 is 15.4 Å². The summed E-state index contributed by atoms with van der Waals surface area (Å²) in [6, 6.07) is 7.78. The highest BCUT2D eigenvalue weighted by Crippen LogP contribution is 2.38. The maximum atomic E-state index is 12.3. The largest absolute Gasteiger partial charge is 0.399 e. The van der Waals surface area contributed by atoms with Crippen molar-refractivity contribution in [1.29, 1.82) is 0 Å². The number of para-hydroxylation sites is 1. The number of likely N-dealkylation sites (tertiary alicyclic amines) is 1. The normalized spacial score (nSPS) is 24.3. The molecule has 0 bridgehead atoms. The van der Waals surface area contributed by atoms with Crippen LogP contribution in [-0.2, 0) is 16.0 Å². The maximum absolute atomic E-state index is 12.3. The Morgan fingerprint density at radius 3 is 2.86 bits per heavy atom. The van der Waals surface area contributed by atoms with Gasteiger partial charge in [0.25, 0.3) is 0 Å². The Hall–Kier alpha value is -1.26. The van der Waals surface area contributed by atoms with Crippen molar-refractivity contribution in [2.24, 2.45) is 5.41 Å². The van der Waals surface area contributed by atoms with Crippen LogP contribution in [0.15, 0.2) is 24.3 Å². The molecule has 1 aromatic carbocycles. The van der Waals surface area contributed by atoms with E-state index in [4.69, 9.17) is 10.5 Å². The van der Waals surface area contributed by atoms with Gasteiger partial charge in [0, 0.05) is 37.2 Å². The Labute approximate surface area is 132 Å². The molecule has 4 nitrogen and oxygen atoms in total. The number of halogens is 1. The van der Waals surface area contributed by atoms with Gasteiger partial charge in [0.15, 0.2) is 0 Å². The third-order valence-electron chi connectivity index (χ3n) is 4.64. The minimum absolute atomic E-state index is 0. The molecule has 1 amide bonds. The molecule has 2 saturated heterocycles. The van der Waals surface area contributed by atoms with E-state index >= 15 is 0 Å². The molecule has 1 spiro atoms. The van der Waals surface area contributed by atoms with Crippen molar-refractivity contribution in [3.05, 3.63) is 29.8 Å². The van der Waals surface area contributed by atoms with E-state index in [0.717, 1.165) is 56.8 Å². The smallest absolute Gasteiger partial charge is 0.222 e. The predicted molar refractivity (Wildman–Crippen MR) is 85.5 cm³/mol. The fourth-order valence-corrected chi connectivity index (χ4v) is 3.28. The summed E-state index contributed by atoms with van der Waals surface area (Å²) in [6.45, 7) is 3.42. The van der Waals surface area contributed by atoms with E-state index < -0.39 is 0 Å². The molecule has 2 heterocycles. The topological polar surface area (TPSA) is 55.6 Å². The average molecular weight is 311 g/mol. The summed E-state index contributed by atoms with van der Waals surface area (Å²) >= 11 is 0. The van der Waals surface area contributed by atoms with Gasteiger partial charge in [-0.05, 0) is 30.9 Å². The van der Waals surface area contributed by atoms with E-state index in [1.807, 2.05) is 29.2 Å². The second kappa shape index (κ2) is 6.67. The first-order valence-electron chi connectivity index (χ1n) is 7.37. The number of carbonyl (C=O) groups excluding carboxylic acids is 1. The highest BCUT2D eigenvalue weighted by Gasteiger charge is 2.42. The molecule has 0 saturated carbocycles. The number of rotatable bonds is 3. The highest BCUT2D eigenvalue weighted by molar-refractivity contribution is 5.85. The fraction of sp³-hybridized carbons (Fsp3) is 0.562. The van der Waals surface area contributed by atoms with E-state index in [1.165, 1.54) is 0 Å². The number of hydrogen-bond donors (Lipinski definition) is 1. The molecule has 1 aromatic rings. The van der Waals surface area contributed by atoms with Crippen LogP contribution in [-0.4, -0.2) is 37.1 Å². The summed E-state index contributed by atoms with van der Waals surface area (Å²) in [4.78, 5) is 14.3. The number of hydrogen-bond acceptors (Lipinski definition) is 3. The summed E-state index contributed by atoms with van der Waals surface area (Å²) in [6.07, 6.45) is 3.46. The van der Waals surface area contributed by atoms with Gasteiger partial charge in [0.1, 0.15) is 0 Å². The summed E-state index contributed by atoms with van der Waals surface area (Å²) in [7, 11) is 0. The number of nitrogens with two attached hydrogens (primary N) is 1. The zero-order valence-corrected chi connectivity index (χ0v) is 13.0. The Balaban J connectivity index is 0.00000161. The van der Waals surface area contributed by atoms with Crippen molar-refractivity contribution in [3.63, 3.8) is 0 Å². The number of amides is 1. The van der Waals surface area contributed by atoms with E-state index in [2.05, 4.69) is 0 Å². The van der Waals surface area contributed by atoms with Crippen molar-refractivity contribution in [2.45, 2.75) is 25.7 Å². The lowest BCUT2D eigenvalue weighted by atomic mass is 9.87. The summed E-state index contributed by atoms with van der Waals surface area (Å²) in [5, 5.41) is 0. The SMILES string of the molecule is Cl.Nc1ccccc1CCC(=O)N1CCC2(CCOC2)C1. The molecule has 2 N–H and O–H groups in total. The first-order chi connectivity index (χ1) is 9.69. The molecule has 21 heavy (non-hydrogen) atoms. The van der Waals surface area contributed by atoms with Crippen LogP contribution in [0, 0.1) is 5.41 Å². The van der Waals surface area contributed by atoms with Crippen molar-refractivity contribution < 1.29 is 9.53 Å².